The highest BCUT2D eigenvalue weighted by Crippen LogP contribution is 2.39. The lowest BCUT2D eigenvalue weighted by Gasteiger charge is -2.23. The van der Waals surface area contributed by atoms with Gasteiger partial charge in [0.05, 0.1) is 28.4 Å². The molecule has 1 aromatic heterocycles. The van der Waals surface area contributed by atoms with Crippen molar-refractivity contribution in [1.29, 1.82) is 0 Å². The van der Waals surface area contributed by atoms with Gasteiger partial charge in [0.2, 0.25) is 0 Å². The average Bonchev–Trinajstić information content (AvgIpc) is 3.45. The van der Waals surface area contributed by atoms with Crippen LogP contribution in [0.25, 0.3) is 23.0 Å². The first-order valence-electron chi connectivity index (χ1n) is 12.1. The number of benzene rings is 3. The predicted molar refractivity (Wildman–Crippen MR) is 155 cm³/mol. The van der Waals surface area contributed by atoms with Gasteiger partial charge < -0.3 is 4.74 Å². The number of nitrogens with zero attached hydrogens (tertiary/aromatic N) is 3. The van der Waals surface area contributed by atoms with Crippen LogP contribution in [0, 0.1) is 0 Å². The third-order valence-electron chi connectivity index (χ3n) is 6.04. The van der Waals surface area contributed by atoms with Gasteiger partial charge in [-0.15, -0.1) is 0 Å². The van der Waals surface area contributed by atoms with E-state index in [2.05, 4.69) is 0 Å². The maximum atomic E-state index is 13.5. The molecule has 4 aromatic rings. The molecule has 37 heavy (non-hydrogen) atoms. The van der Waals surface area contributed by atoms with Crippen LogP contribution in [0.2, 0.25) is 0 Å². The number of aromatic nitrogens is 2. The minimum atomic E-state index is -0.153. The summed E-state index contributed by atoms with van der Waals surface area (Å²) in [6.45, 7) is 6.01. The summed E-state index contributed by atoms with van der Waals surface area (Å²) >= 11 is 6.97. The van der Waals surface area contributed by atoms with E-state index in [0.29, 0.717) is 9.23 Å². The van der Waals surface area contributed by atoms with E-state index >= 15 is 0 Å². The highest BCUT2D eigenvalue weighted by atomic mass is 32.2. The lowest BCUT2D eigenvalue weighted by atomic mass is 10.1. The second kappa shape index (κ2) is 10.7. The molecule has 5 nitrogen and oxygen atoms in total. The van der Waals surface area contributed by atoms with E-state index in [1.165, 1.54) is 11.8 Å². The van der Waals surface area contributed by atoms with Crippen LogP contribution in [0.15, 0.2) is 96.0 Å². The van der Waals surface area contributed by atoms with Gasteiger partial charge >= 0.3 is 0 Å². The average molecular weight is 526 g/mol. The van der Waals surface area contributed by atoms with Gasteiger partial charge in [-0.1, -0.05) is 72.5 Å². The van der Waals surface area contributed by atoms with E-state index in [1.807, 2.05) is 123 Å². The Morgan fingerprint density at radius 1 is 0.919 bits per heavy atom. The summed E-state index contributed by atoms with van der Waals surface area (Å²) in [4.78, 5) is 15.8. The molecule has 0 bridgehead atoms. The molecular formula is C30H27N3O2S2. The maximum absolute atomic E-state index is 13.5. The third kappa shape index (κ3) is 5.38. The number of ether oxygens (including phenoxy) is 1. The number of carbonyl (C=O) groups is 1. The second-order valence-electron chi connectivity index (χ2n) is 9.04. The van der Waals surface area contributed by atoms with E-state index in [1.54, 1.807) is 4.90 Å². The number of rotatable bonds is 7. The SMILES string of the molecule is CC(C)Oc1ccc(-c2nn(-c3ccccc3)cc2/C=C2\SC(=S)N([C@@H](C)c3ccccc3)C2=O)cc1. The number of amides is 1. The Labute approximate surface area is 226 Å². The smallest absolute Gasteiger partial charge is 0.266 e. The molecule has 0 spiro atoms. The molecule has 2 heterocycles. The number of thiocarbonyl (C=S) groups is 1. The van der Waals surface area contributed by atoms with Gasteiger partial charge in [-0.25, -0.2) is 4.68 Å². The topological polar surface area (TPSA) is 47.4 Å². The first-order valence-corrected chi connectivity index (χ1v) is 13.4. The fourth-order valence-corrected chi connectivity index (χ4v) is 5.64. The number of para-hydroxylation sites is 1. The number of carbonyl (C=O) groups excluding carboxylic acids is 1. The number of thioether (sulfide) groups is 1. The summed E-state index contributed by atoms with van der Waals surface area (Å²) in [5.74, 6) is 0.712. The molecule has 1 amide bonds. The Hall–Kier alpha value is -3.68. The lowest BCUT2D eigenvalue weighted by molar-refractivity contribution is -0.123. The molecule has 0 saturated carbocycles. The molecule has 3 aromatic carbocycles. The van der Waals surface area contributed by atoms with E-state index in [-0.39, 0.29) is 18.1 Å². The van der Waals surface area contributed by atoms with Crippen LogP contribution in [0.3, 0.4) is 0 Å². The summed E-state index contributed by atoms with van der Waals surface area (Å²) in [5, 5.41) is 4.89. The third-order valence-corrected chi connectivity index (χ3v) is 7.37. The van der Waals surface area contributed by atoms with Gasteiger partial charge in [0.1, 0.15) is 10.1 Å². The van der Waals surface area contributed by atoms with Crippen molar-refractivity contribution in [2.45, 2.75) is 32.9 Å². The van der Waals surface area contributed by atoms with Gasteiger partial charge in [0, 0.05) is 17.3 Å². The minimum absolute atomic E-state index is 0.0922. The zero-order chi connectivity index (χ0) is 25.9. The van der Waals surface area contributed by atoms with Crippen molar-refractivity contribution in [3.63, 3.8) is 0 Å². The lowest BCUT2D eigenvalue weighted by Crippen LogP contribution is -2.30. The van der Waals surface area contributed by atoms with Crippen LogP contribution in [-0.4, -0.2) is 31.0 Å². The van der Waals surface area contributed by atoms with Gasteiger partial charge in [-0.2, -0.15) is 5.10 Å². The molecule has 0 unspecified atom stereocenters. The zero-order valence-corrected chi connectivity index (χ0v) is 22.5. The van der Waals surface area contributed by atoms with Crippen LogP contribution in [0.1, 0.15) is 37.9 Å². The van der Waals surface area contributed by atoms with Crippen molar-refractivity contribution in [3.05, 3.63) is 107 Å². The molecule has 0 N–H and O–H groups in total. The molecule has 0 aliphatic carbocycles. The van der Waals surface area contributed by atoms with E-state index < -0.39 is 0 Å². The summed E-state index contributed by atoms with van der Waals surface area (Å²) < 4.78 is 8.20. The first-order chi connectivity index (χ1) is 17.9. The number of hydrogen-bond donors (Lipinski definition) is 0. The zero-order valence-electron chi connectivity index (χ0n) is 20.9. The van der Waals surface area contributed by atoms with Crippen LogP contribution >= 0.6 is 24.0 Å². The van der Waals surface area contributed by atoms with Crippen LogP contribution in [0.4, 0.5) is 0 Å². The van der Waals surface area contributed by atoms with Gasteiger partial charge in [-0.3, -0.25) is 9.69 Å². The molecule has 1 atom stereocenters. The fourth-order valence-electron chi connectivity index (χ4n) is 4.23. The predicted octanol–water partition coefficient (Wildman–Crippen LogP) is 7.29. The van der Waals surface area contributed by atoms with Crippen molar-refractivity contribution < 1.29 is 9.53 Å². The summed E-state index contributed by atoms with van der Waals surface area (Å²) in [6.07, 6.45) is 3.95. The molecule has 0 radical (unpaired) electrons. The molecule has 1 fully saturated rings. The Balaban J connectivity index is 1.52. The van der Waals surface area contributed by atoms with Gasteiger partial charge in [-0.05, 0) is 68.8 Å². The quantitative estimate of drug-likeness (QED) is 0.187. The second-order valence-corrected chi connectivity index (χ2v) is 10.7. The maximum Gasteiger partial charge on any atom is 0.266 e. The Kier molecular flexibility index (Phi) is 7.26. The Morgan fingerprint density at radius 2 is 1.57 bits per heavy atom. The minimum Gasteiger partial charge on any atom is -0.491 e. The van der Waals surface area contributed by atoms with Crippen LogP contribution in [-0.2, 0) is 4.79 Å². The summed E-state index contributed by atoms with van der Waals surface area (Å²) in [7, 11) is 0. The van der Waals surface area contributed by atoms with Crippen LogP contribution < -0.4 is 4.74 Å². The van der Waals surface area contributed by atoms with E-state index in [0.717, 1.165) is 33.8 Å². The Morgan fingerprint density at radius 3 is 2.22 bits per heavy atom. The van der Waals surface area contributed by atoms with E-state index in [4.69, 9.17) is 22.1 Å². The monoisotopic (exact) mass is 525 g/mol. The molecular weight excluding hydrogens is 498 g/mol. The molecule has 7 heteroatoms. The highest BCUT2D eigenvalue weighted by molar-refractivity contribution is 8.26. The molecule has 1 aliphatic rings. The largest absolute Gasteiger partial charge is 0.491 e. The summed E-state index contributed by atoms with van der Waals surface area (Å²) in [5.41, 5.74) is 4.54. The van der Waals surface area contributed by atoms with Crippen LogP contribution in [0.5, 0.6) is 5.75 Å². The molecule has 1 aliphatic heterocycles. The van der Waals surface area contributed by atoms with Crippen molar-refractivity contribution in [3.8, 4) is 22.7 Å². The van der Waals surface area contributed by atoms with Crippen molar-refractivity contribution in [2.24, 2.45) is 0 Å². The fraction of sp³-hybridized carbons (Fsp3) is 0.167. The number of hydrogen-bond acceptors (Lipinski definition) is 5. The molecule has 5 rings (SSSR count). The van der Waals surface area contributed by atoms with Gasteiger partial charge in [0.25, 0.3) is 5.91 Å². The molecule has 186 valence electrons. The normalized spacial score (nSPS) is 15.6. The highest BCUT2D eigenvalue weighted by Gasteiger charge is 2.36. The van der Waals surface area contributed by atoms with Crippen molar-refractivity contribution >= 4 is 40.3 Å². The standard InChI is InChI=1S/C30H27N3O2S2/c1-20(2)35-26-16-14-23(15-17-26)28-24(19-32(31-28)25-12-8-5-9-13-25)18-27-29(34)33(30(36)37-27)21(3)22-10-6-4-7-11-22/h4-21H,1-3H3/b27-18-/t21-/m0/s1. The Bertz CT molecular complexity index is 1450. The van der Waals surface area contributed by atoms with Gasteiger partial charge in [0.15, 0.2) is 0 Å². The first kappa shape index (κ1) is 25.0. The van der Waals surface area contributed by atoms with E-state index in [9.17, 15) is 4.79 Å². The summed E-state index contributed by atoms with van der Waals surface area (Å²) in [6, 6.07) is 27.6. The molecule has 1 saturated heterocycles. The van der Waals surface area contributed by atoms with Crippen molar-refractivity contribution in [2.75, 3.05) is 0 Å². The van der Waals surface area contributed by atoms with Crippen molar-refractivity contribution in [1.82, 2.24) is 14.7 Å².